The van der Waals surface area contributed by atoms with E-state index in [-0.39, 0.29) is 5.78 Å². The first kappa shape index (κ1) is 14.1. The van der Waals surface area contributed by atoms with E-state index in [1.165, 1.54) is 0 Å². The SMILES string of the molecule is Cc1ccc(C(=O)C=CC=Cc2cc(=S)ss2)cc1. The third-order valence-corrected chi connectivity index (χ3v) is 5.30. The third kappa shape index (κ3) is 4.35. The Labute approximate surface area is 124 Å². The lowest BCUT2D eigenvalue weighted by molar-refractivity contribution is 0.104. The van der Waals surface area contributed by atoms with Gasteiger partial charge in [0, 0.05) is 10.4 Å². The van der Waals surface area contributed by atoms with Crippen LogP contribution in [0.3, 0.4) is 0 Å². The van der Waals surface area contributed by atoms with Crippen molar-refractivity contribution in [1.82, 2.24) is 0 Å². The van der Waals surface area contributed by atoms with Crippen LogP contribution < -0.4 is 0 Å². The van der Waals surface area contributed by atoms with Gasteiger partial charge in [0.25, 0.3) is 0 Å². The topological polar surface area (TPSA) is 17.1 Å². The summed E-state index contributed by atoms with van der Waals surface area (Å²) in [7, 11) is 3.22. The number of allylic oxidation sites excluding steroid dienone is 3. The minimum Gasteiger partial charge on any atom is -0.289 e. The minimum atomic E-state index is 0.0163. The van der Waals surface area contributed by atoms with E-state index in [1.807, 2.05) is 49.4 Å². The zero-order valence-corrected chi connectivity index (χ0v) is 12.8. The maximum Gasteiger partial charge on any atom is 0.185 e. The molecular formula is C15H12OS3. The molecule has 2 rings (SSSR count). The third-order valence-electron chi connectivity index (χ3n) is 2.44. The number of carbonyl (C=O) groups excluding carboxylic acids is 1. The van der Waals surface area contributed by atoms with Crippen molar-refractivity contribution in [3.63, 3.8) is 0 Å². The number of aryl methyl sites for hydroxylation is 1. The molecule has 0 unspecified atom stereocenters. The molecule has 2 aromatic rings. The van der Waals surface area contributed by atoms with Crippen LogP contribution in [-0.4, -0.2) is 5.78 Å². The number of rotatable bonds is 4. The molecule has 1 nitrogen and oxygen atoms in total. The molecule has 4 heteroatoms. The number of hydrogen-bond donors (Lipinski definition) is 0. The monoisotopic (exact) mass is 304 g/mol. The number of ketones is 1. The molecule has 0 aliphatic carbocycles. The fourth-order valence-electron chi connectivity index (χ4n) is 1.44. The average Bonchev–Trinajstić information content (AvgIpc) is 2.81. The Kier molecular flexibility index (Phi) is 4.96. The summed E-state index contributed by atoms with van der Waals surface area (Å²) in [5, 5.41) is 0. The van der Waals surface area contributed by atoms with E-state index in [0.717, 1.165) is 14.3 Å². The van der Waals surface area contributed by atoms with Gasteiger partial charge in [0.2, 0.25) is 0 Å². The number of hydrogen-bond acceptors (Lipinski definition) is 4. The molecule has 19 heavy (non-hydrogen) atoms. The standard InChI is InChI=1S/C15H12OS3/c1-11-6-8-12(9-7-11)14(16)5-3-2-4-13-10-15(17)19-18-13/h2-10H,1H3. The zero-order chi connectivity index (χ0) is 13.7. The molecule has 96 valence electrons. The first-order chi connectivity index (χ1) is 9.15. The lowest BCUT2D eigenvalue weighted by Crippen LogP contribution is -1.93. The summed E-state index contributed by atoms with van der Waals surface area (Å²) in [5.74, 6) is 0.0163. The van der Waals surface area contributed by atoms with Crippen LogP contribution in [0.25, 0.3) is 6.08 Å². The summed E-state index contributed by atoms with van der Waals surface area (Å²) >= 11 is 5.05. The maximum absolute atomic E-state index is 11.8. The van der Waals surface area contributed by atoms with Crippen molar-refractivity contribution in [2.24, 2.45) is 0 Å². The van der Waals surface area contributed by atoms with E-state index in [9.17, 15) is 4.79 Å². The molecule has 0 saturated carbocycles. The van der Waals surface area contributed by atoms with Gasteiger partial charge in [0.15, 0.2) is 5.78 Å². The molecule has 0 saturated heterocycles. The Morgan fingerprint density at radius 1 is 1.16 bits per heavy atom. The van der Waals surface area contributed by atoms with E-state index in [1.54, 1.807) is 32.8 Å². The molecule has 1 aromatic carbocycles. The van der Waals surface area contributed by atoms with Gasteiger partial charge in [-0.1, -0.05) is 74.9 Å². The smallest absolute Gasteiger partial charge is 0.185 e. The Hall–Kier alpha value is -1.36. The van der Waals surface area contributed by atoms with E-state index in [2.05, 4.69) is 0 Å². The van der Waals surface area contributed by atoms with Gasteiger partial charge in [-0.2, -0.15) is 0 Å². The molecule has 0 amide bonds. The van der Waals surface area contributed by atoms with Gasteiger partial charge in [-0.25, -0.2) is 0 Å². The summed E-state index contributed by atoms with van der Waals surface area (Å²) in [6, 6.07) is 9.52. The van der Waals surface area contributed by atoms with Crippen LogP contribution in [0.15, 0.2) is 48.6 Å². The summed E-state index contributed by atoms with van der Waals surface area (Å²) in [6.45, 7) is 2.00. The summed E-state index contributed by atoms with van der Waals surface area (Å²) in [5.41, 5.74) is 1.86. The van der Waals surface area contributed by atoms with Gasteiger partial charge in [-0.3, -0.25) is 4.79 Å². The number of benzene rings is 1. The predicted molar refractivity (Wildman–Crippen MR) is 86.7 cm³/mol. The lowest BCUT2D eigenvalue weighted by Gasteiger charge is -1.95. The summed E-state index contributed by atoms with van der Waals surface area (Å²) in [4.78, 5) is 13.0. The second-order valence-corrected chi connectivity index (χ2v) is 6.92. The fraction of sp³-hybridized carbons (Fsp3) is 0.0667. The summed E-state index contributed by atoms with van der Waals surface area (Å²) in [6.07, 6.45) is 7.15. The molecule has 0 fully saturated rings. The van der Waals surface area contributed by atoms with Crippen LogP contribution in [0.2, 0.25) is 0 Å². The molecular weight excluding hydrogens is 292 g/mol. The van der Waals surface area contributed by atoms with Crippen LogP contribution in [0.4, 0.5) is 0 Å². The molecule has 1 heterocycles. The van der Waals surface area contributed by atoms with E-state index < -0.39 is 0 Å². The first-order valence-electron chi connectivity index (χ1n) is 5.71. The van der Waals surface area contributed by atoms with Crippen molar-refractivity contribution in [3.8, 4) is 0 Å². The zero-order valence-electron chi connectivity index (χ0n) is 10.3. The van der Waals surface area contributed by atoms with Gasteiger partial charge in [-0.05, 0) is 25.1 Å². The quantitative estimate of drug-likeness (QED) is 0.251. The Morgan fingerprint density at radius 3 is 2.53 bits per heavy atom. The Morgan fingerprint density at radius 2 is 1.89 bits per heavy atom. The Bertz CT molecular complexity index is 672. The lowest BCUT2D eigenvalue weighted by atomic mass is 10.1. The molecule has 0 radical (unpaired) electrons. The molecule has 0 bridgehead atoms. The van der Waals surface area contributed by atoms with Crippen molar-refractivity contribution in [1.29, 1.82) is 0 Å². The molecule has 0 N–H and O–H groups in total. The van der Waals surface area contributed by atoms with E-state index >= 15 is 0 Å². The van der Waals surface area contributed by atoms with Gasteiger partial charge >= 0.3 is 0 Å². The first-order valence-corrected chi connectivity index (χ1v) is 8.27. The molecule has 0 atom stereocenters. The molecule has 1 aromatic heterocycles. The van der Waals surface area contributed by atoms with Crippen LogP contribution in [0.1, 0.15) is 20.8 Å². The van der Waals surface area contributed by atoms with Crippen molar-refractivity contribution in [3.05, 3.63) is 68.4 Å². The molecule has 0 aliphatic heterocycles. The van der Waals surface area contributed by atoms with E-state index in [4.69, 9.17) is 12.2 Å². The highest BCUT2D eigenvalue weighted by Gasteiger charge is 1.99. The van der Waals surface area contributed by atoms with Gasteiger partial charge in [0.1, 0.15) is 3.82 Å². The number of carbonyl (C=O) groups is 1. The second-order valence-electron chi connectivity index (χ2n) is 3.98. The molecule has 0 aliphatic rings. The average molecular weight is 304 g/mol. The fourth-order valence-corrected chi connectivity index (χ4v) is 3.66. The normalized spacial score (nSPS) is 11.4. The second kappa shape index (κ2) is 6.70. The van der Waals surface area contributed by atoms with Crippen molar-refractivity contribution in [2.45, 2.75) is 6.92 Å². The van der Waals surface area contributed by atoms with Gasteiger partial charge in [-0.15, -0.1) is 0 Å². The van der Waals surface area contributed by atoms with E-state index in [0.29, 0.717) is 5.56 Å². The van der Waals surface area contributed by atoms with Crippen LogP contribution in [-0.2, 0) is 0 Å². The highest BCUT2D eigenvalue weighted by molar-refractivity contribution is 7.79. The van der Waals surface area contributed by atoms with Crippen LogP contribution in [0.5, 0.6) is 0 Å². The van der Waals surface area contributed by atoms with Gasteiger partial charge < -0.3 is 0 Å². The van der Waals surface area contributed by atoms with Crippen LogP contribution in [0, 0.1) is 10.7 Å². The van der Waals surface area contributed by atoms with Gasteiger partial charge in [0.05, 0.1) is 0 Å². The van der Waals surface area contributed by atoms with Crippen molar-refractivity contribution in [2.75, 3.05) is 0 Å². The minimum absolute atomic E-state index is 0.0163. The predicted octanol–water partition coefficient (Wildman–Crippen LogP) is 5.30. The van der Waals surface area contributed by atoms with Crippen LogP contribution >= 0.6 is 32.9 Å². The highest BCUT2D eigenvalue weighted by Crippen LogP contribution is 2.19. The Balaban J connectivity index is 1.99. The summed E-state index contributed by atoms with van der Waals surface area (Å²) < 4.78 is 0.893. The highest BCUT2D eigenvalue weighted by atomic mass is 32.9. The molecule has 0 spiro atoms. The largest absolute Gasteiger partial charge is 0.289 e. The van der Waals surface area contributed by atoms with Crippen molar-refractivity contribution >= 4 is 44.8 Å². The van der Waals surface area contributed by atoms with Crippen molar-refractivity contribution < 1.29 is 4.79 Å². The maximum atomic E-state index is 11.8.